The summed E-state index contributed by atoms with van der Waals surface area (Å²) in [6.07, 6.45) is 1.53. The third-order valence-corrected chi connectivity index (χ3v) is 4.38. The van der Waals surface area contributed by atoms with Gasteiger partial charge in [-0.3, -0.25) is 30.3 Å². The third kappa shape index (κ3) is 4.43. The van der Waals surface area contributed by atoms with Crippen molar-refractivity contribution in [1.82, 2.24) is 9.78 Å². The maximum Gasteiger partial charge on any atom is 0.301 e. The Balaban J connectivity index is 1.81. The zero-order valence-corrected chi connectivity index (χ0v) is 15.8. The minimum Gasteiger partial charge on any atom is -0.272 e. The average molecular weight is 394 g/mol. The van der Waals surface area contributed by atoms with Gasteiger partial charge in [-0.05, 0) is 25.5 Å². The third-order valence-electron chi connectivity index (χ3n) is 4.38. The summed E-state index contributed by atoms with van der Waals surface area (Å²) in [6, 6.07) is 13.2. The lowest BCUT2D eigenvalue weighted by molar-refractivity contribution is -0.393. The van der Waals surface area contributed by atoms with E-state index in [-0.39, 0.29) is 11.4 Å². The molecule has 1 N–H and O–H groups in total. The number of rotatable bonds is 7. The van der Waals surface area contributed by atoms with Gasteiger partial charge in [0.1, 0.15) is 5.69 Å². The molecule has 0 saturated carbocycles. The van der Waals surface area contributed by atoms with E-state index in [2.05, 4.69) is 15.6 Å². The lowest BCUT2D eigenvalue weighted by atomic mass is 10.2. The Hall–Kier alpha value is -4.08. The zero-order chi connectivity index (χ0) is 21.0. The number of non-ortho nitro benzene ring substituents is 1. The molecule has 0 atom stereocenters. The van der Waals surface area contributed by atoms with E-state index < -0.39 is 15.5 Å². The van der Waals surface area contributed by atoms with E-state index >= 15 is 0 Å². The quantitative estimate of drug-likeness (QED) is 0.368. The van der Waals surface area contributed by atoms with Crippen LogP contribution < -0.4 is 5.43 Å². The Morgan fingerprint density at radius 2 is 1.83 bits per heavy atom. The summed E-state index contributed by atoms with van der Waals surface area (Å²) in [5.74, 6) is 0. The van der Waals surface area contributed by atoms with Crippen molar-refractivity contribution in [2.75, 3.05) is 5.43 Å². The molecule has 2 aromatic carbocycles. The molecular weight excluding hydrogens is 376 g/mol. The Morgan fingerprint density at radius 1 is 1.10 bits per heavy atom. The van der Waals surface area contributed by atoms with E-state index in [9.17, 15) is 20.2 Å². The van der Waals surface area contributed by atoms with Gasteiger partial charge in [0.15, 0.2) is 0 Å². The largest absolute Gasteiger partial charge is 0.301 e. The molecule has 3 aromatic rings. The average Bonchev–Trinajstić information content (AvgIpc) is 2.96. The summed E-state index contributed by atoms with van der Waals surface area (Å²) < 4.78 is 1.86. The molecule has 0 saturated heterocycles. The van der Waals surface area contributed by atoms with Crippen molar-refractivity contribution >= 4 is 23.3 Å². The van der Waals surface area contributed by atoms with Crippen LogP contribution >= 0.6 is 0 Å². The van der Waals surface area contributed by atoms with E-state index in [1.165, 1.54) is 18.3 Å². The maximum atomic E-state index is 11.2. The molecule has 0 aliphatic carbocycles. The standard InChI is InChI=1S/C19H18N6O4/c1-13-17(14(2)23(22-13)12-15-6-4-3-5-7-15)11-20-21-18-9-8-16(24(26)27)10-19(18)25(28)29/h3-11,21H,12H2,1-2H3/b20-11-. The highest BCUT2D eigenvalue weighted by molar-refractivity contribution is 5.83. The molecule has 3 rings (SSSR count). The lowest BCUT2D eigenvalue weighted by Crippen LogP contribution is -2.04. The Bertz CT molecular complexity index is 1090. The predicted molar refractivity (Wildman–Crippen MR) is 108 cm³/mol. The lowest BCUT2D eigenvalue weighted by Gasteiger charge is -2.04. The van der Waals surface area contributed by atoms with Gasteiger partial charge in [0.05, 0.1) is 34.4 Å². The number of anilines is 1. The molecule has 0 unspecified atom stereocenters. The van der Waals surface area contributed by atoms with Gasteiger partial charge in [0, 0.05) is 17.3 Å². The number of nitrogens with one attached hydrogen (secondary N) is 1. The first kappa shape index (κ1) is 19.7. The molecule has 148 valence electrons. The number of hydrogen-bond donors (Lipinski definition) is 1. The predicted octanol–water partition coefficient (Wildman–Crippen LogP) is 3.81. The van der Waals surface area contributed by atoms with Crippen LogP contribution in [0.4, 0.5) is 17.1 Å². The molecule has 0 amide bonds. The van der Waals surface area contributed by atoms with Gasteiger partial charge in [0.25, 0.3) is 5.69 Å². The molecule has 0 bridgehead atoms. The van der Waals surface area contributed by atoms with Crippen LogP contribution in [0.15, 0.2) is 53.6 Å². The van der Waals surface area contributed by atoms with Crippen molar-refractivity contribution in [1.29, 1.82) is 0 Å². The van der Waals surface area contributed by atoms with Gasteiger partial charge in [0.2, 0.25) is 0 Å². The summed E-state index contributed by atoms with van der Waals surface area (Å²) >= 11 is 0. The van der Waals surface area contributed by atoms with E-state index in [0.717, 1.165) is 28.6 Å². The first-order chi connectivity index (χ1) is 13.9. The summed E-state index contributed by atoms with van der Waals surface area (Å²) in [4.78, 5) is 20.6. The number of hydrazone groups is 1. The van der Waals surface area contributed by atoms with E-state index in [1.54, 1.807) is 0 Å². The van der Waals surface area contributed by atoms with Gasteiger partial charge >= 0.3 is 5.69 Å². The molecule has 1 heterocycles. The van der Waals surface area contributed by atoms with Crippen LogP contribution in [0.3, 0.4) is 0 Å². The molecule has 10 heteroatoms. The fraction of sp³-hybridized carbons (Fsp3) is 0.158. The number of nitrogens with zero attached hydrogens (tertiary/aromatic N) is 5. The van der Waals surface area contributed by atoms with Gasteiger partial charge in [-0.2, -0.15) is 10.2 Å². The summed E-state index contributed by atoms with van der Waals surface area (Å²) in [7, 11) is 0. The zero-order valence-electron chi connectivity index (χ0n) is 15.8. The molecule has 0 aliphatic heterocycles. The topological polar surface area (TPSA) is 128 Å². The molecule has 1 aromatic heterocycles. The highest BCUT2D eigenvalue weighted by Gasteiger charge is 2.19. The van der Waals surface area contributed by atoms with Gasteiger partial charge in [-0.25, -0.2) is 0 Å². The number of aromatic nitrogens is 2. The van der Waals surface area contributed by atoms with Crippen molar-refractivity contribution in [3.05, 3.63) is 91.3 Å². The first-order valence-electron chi connectivity index (χ1n) is 8.66. The van der Waals surface area contributed by atoms with Crippen LogP contribution in [0.25, 0.3) is 0 Å². The van der Waals surface area contributed by atoms with E-state index in [1.807, 2.05) is 48.9 Å². The van der Waals surface area contributed by atoms with Crippen LogP contribution in [-0.4, -0.2) is 25.8 Å². The second-order valence-corrected chi connectivity index (χ2v) is 6.31. The summed E-state index contributed by atoms with van der Waals surface area (Å²) in [5.41, 5.74) is 5.43. The van der Waals surface area contributed by atoms with Crippen LogP contribution in [0.1, 0.15) is 22.5 Å². The molecule has 29 heavy (non-hydrogen) atoms. The van der Waals surface area contributed by atoms with Crippen LogP contribution in [0.5, 0.6) is 0 Å². The minimum atomic E-state index is -0.695. The summed E-state index contributed by atoms with van der Waals surface area (Å²) in [5, 5.41) is 30.6. The molecular formula is C19H18N6O4. The SMILES string of the molecule is Cc1nn(Cc2ccccc2)c(C)c1/C=N\Nc1ccc([N+](=O)[O-])cc1[N+](=O)[O-]. The Kier molecular flexibility index (Phi) is 5.63. The van der Waals surface area contributed by atoms with Crippen LogP contribution in [-0.2, 0) is 6.54 Å². The van der Waals surface area contributed by atoms with Crippen LogP contribution in [0, 0.1) is 34.1 Å². The smallest absolute Gasteiger partial charge is 0.272 e. The van der Waals surface area contributed by atoms with Crippen LogP contribution in [0.2, 0.25) is 0 Å². The highest BCUT2D eigenvalue weighted by Crippen LogP contribution is 2.28. The molecule has 0 aliphatic rings. The second kappa shape index (κ2) is 8.30. The number of nitro benzene ring substituents is 2. The fourth-order valence-electron chi connectivity index (χ4n) is 2.85. The number of nitro groups is 2. The monoisotopic (exact) mass is 394 g/mol. The van der Waals surface area contributed by atoms with Gasteiger partial charge < -0.3 is 0 Å². The van der Waals surface area contributed by atoms with Crippen molar-refractivity contribution in [3.8, 4) is 0 Å². The van der Waals surface area contributed by atoms with Gasteiger partial charge in [-0.15, -0.1) is 0 Å². The highest BCUT2D eigenvalue weighted by atomic mass is 16.6. The number of aryl methyl sites for hydroxylation is 1. The second-order valence-electron chi connectivity index (χ2n) is 6.31. The van der Waals surface area contributed by atoms with Crippen molar-refractivity contribution in [3.63, 3.8) is 0 Å². The van der Waals surface area contributed by atoms with Crippen molar-refractivity contribution in [2.24, 2.45) is 5.10 Å². The molecule has 0 radical (unpaired) electrons. The Morgan fingerprint density at radius 3 is 2.48 bits per heavy atom. The maximum absolute atomic E-state index is 11.2. The van der Waals surface area contributed by atoms with Gasteiger partial charge in [-0.1, -0.05) is 30.3 Å². The number of benzene rings is 2. The van der Waals surface area contributed by atoms with E-state index in [4.69, 9.17) is 0 Å². The minimum absolute atomic E-state index is 0.0591. The molecule has 10 nitrogen and oxygen atoms in total. The molecule has 0 fully saturated rings. The van der Waals surface area contributed by atoms with Crippen molar-refractivity contribution < 1.29 is 9.85 Å². The van der Waals surface area contributed by atoms with Crippen molar-refractivity contribution in [2.45, 2.75) is 20.4 Å². The van der Waals surface area contributed by atoms with E-state index in [0.29, 0.717) is 6.54 Å². The Labute approximate surface area is 165 Å². The fourth-order valence-corrected chi connectivity index (χ4v) is 2.85. The summed E-state index contributed by atoms with van der Waals surface area (Å²) in [6.45, 7) is 4.38. The number of hydrogen-bond acceptors (Lipinski definition) is 7. The normalized spacial score (nSPS) is 11.0. The molecule has 0 spiro atoms. The first-order valence-corrected chi connectivity index (χ1v) is 8.66.